The molecule has 1 aliphatic heterocycles. The number of nitrogens with zero attached hydrogens (tertiary/aromatic N) is 1. The topological polar surface area (TPSA) is 57.2 Å². The van der Waals surface area contributed by atoms with Crippen LogP contribution in [0.2, 0.25) is 0 Å². The number of nitrogen functional groups attached to an aromatic ring is 1. The molecule has 1 atom stereocenters. The summed E-state index contributed by atoms with van der Waals surface area (Å²) in [5.41, 5.74) is 7.50. The monoisotopic (exact) mass is 334 g/mol. The Labute approximate surface area is 125 Å². The van der Waals surface area contributed by atoms with E-state index in [4.69, 9.17) is 10.5 Å². The van der Waals surface area contributed by atoms with Gasteiger partial charge in [0.25, 0.3) is 5.56 Å². The molecule has 5 heteroatoms. The second-order valence-corrected chi connectivity index (χ2v) is 5.81. The number of hydrogen-bond acceptors (Lipinski definition) is 3. The predicted molar refractivity (Wildman–Crippen MR) is 82.1 cm³/mol. The van der Waals surface area contributed by atoms with Crippen LogP contribution in [-0.2, 0) is 6.54 Å². The van der Waals surface area contributed by atoms with Gasteiger partial charge in [-0.25, -0.2) is 0 Å². The van der Waals surface area contributed by atoms with Crippen LogP contribution in [0.5, 0.6) is 5.75 Å². The summed E-state index contributed by atoms with van der Waals surface area (Å²) < 4.78 is 7.82. The number of anilines is 1. The standard InChI is InChI=1S/C15H15BrN2O2/c16-13-7-11(17)9-18(15(13)19)8-10-5-6-20-14-4-2-1-3-12(10)14/h1-4,7,9-10H,5-6,8,17H2. The highest BCUT2D eigenvalue weighted by atomic mass is 79.9. The molecule has 4 nitrogen and oxygen atoms in total. The van der Waals surface area contributed by atoms with Gasteiger partial charge < -0.3 is 15.0 Å². The molecule has 0 radical (unpaired) electrons. The zero-order valence-electron chi connectivity index (χ0n) is 10.9. The Bertz CT molecular complexity index is 697. The van der Waals surface area contributed by atoms with Gasteiger partial charge in [0.1, 0.15) is 5.75 Å². The molecule has 1 aromatic heterocycles. The van der Waals surface area contributed by atoms with Crippen molar-refractivity contribution in [2.24, 2.45) is 0 Å². The minimum atomic E-state index is -0.0526. The van der Waals surface area contributed by atoms with Crippen LogP contribution < -0.4 is 16.0 Å². The minimum absolute atomic E-state index is 0.0526. The summed E-state index contributed by atoms with van der Waals surface area (Å²) in [6, 6.07) is 9.63. The zero-order chi connectivity index (χ0) is 14.1. The third-order valence-electron chi connectivity index (χ3n) is 3.56. The van der Waals surface area contributed by atoms with Gasteiger partial charge in [-0.05, 0) is 40.0 Å². The SMILES string of the molecule is Nc1cc(Br)c(=O)n(CC2CCOc3ccccc32)c1. The first kappa shape index (κ1) is 13.2. The number of para-hydroxylation sites is 1. The molecule has 0 bridgehead atoms. The van der Waals surface area contributed by atoms with Gasteiger partial charge >= 0.3 is 0 Å². The lowest BCUT2D eigenvalue weighted by Gasteiger charge is -2.26. The van der Waals surface area contributed by atoms with Crippen LogP contribution >= 0.6 is 15.9 Å². The van der Waals surface area contributed by atoms with Crippen LogP contribution in [0.3, 0.4) is 0 Å². The summed E-state index contributed by atoms with van der Waals surface area (Å²) in [5.74, 6) is 1.19. The summed E-state index contributed by atoms with van der Waals surface area (Å²) >= 11 is 3.26. The molecule has 0 saturated carbocycles. The minimum Gasteiger partial charge on any atom is -0.493 e. The second kappa shape index (κ2) is 5.32. The van der Waals surface area contributed by atoms with Crippen molar-refractivity contribution < 1.29 is 4.74 Å². The van der Waals surface area contributed by atoms with E-state index in [9.17, 15) is 4.79 Å². The first-order chi connectivity index (χ1) is 9.65. The lowest BCUT2D eigenvalue weighted by Crippen LogP contribution is -2.26. The number of halogens is 1. The van der Waals surface area contributed by atoms with Crippen LogP contribution in [0.25, 0.3) is 0 Å². The van der Waals surface area contributed by atoms with Gasteiger partial charge in [0.05, 0.1) is 11.1 Å². The number of hydrogen-bond donors (Lipinski definition) is 1. The van der Waals surface area contributed by atoms with Gasteiger partial charge in [-0.15, -0.1) is 0 Å². The molecule has 0 spiro atoms. The van der Waals surface area contributed by atoms with E-state index in [0.29, 0.717) is 23.3 Å². The Hall–Kier alpha value is -1.75. The Kier molecular flexibility index (Phi) is 3.53. The Morgan fingerprint density at radius 3 is 3.05 bits per heavy atom. The van der Waals surface area contributed by atoms with Crippen LogP contribution in [0.1, 0.15) is 17.9 Å². The summed E-state index contributed by atoms with van der Waals surface area (Å²) in [4.78, 5) is 12.1. The number of rotatable bonds is 2. The fourth-order valence-electron chi connectivity index (χ4n) is 2.60. The first-order valence-electron chi connectivity index (χ1n) is 6.52. The van der Waals surface area contributed by atoms with Crippen LogP contribution in [0.4, 0.5) is 5.69 Å². The smallest absolute Gasteiger partial charge is 0.264 e. The number of pyridine rings is 1. The average molecular weight is 335 g/mol. The molecule has 0 fully saturated rings. The molecule has 3 rings (SSSR count). The number of fused-ring (bicyclic) bond motifs is 1. The highest BCUT2D eigenvalue weighted by molar-refractivity contribution is 9.10. The molecule has 2 aromatic rings. The molecule has 0 saturated heterocycles. The van der Waals surface area contributed by atoms with Gasteiger partial charge in [-0.3, -0.25) is 4.79 Å². The van der Waals surface area contributed by atoms with E-state index in [2.05, 4.69) is 22.0 Å². The normalized spacial score (nSPS) is 17.4. The lowest BCUT2D eigenvalue weighted by molar-refractivity contribution is 0.258. The number of nitrogens with two attached hydrogens (primary N) is 1. The van der Waals surface area contributed by atoms with E-state index in [1.807, 2.05) is 18.2 Å². The first-order valence-corrected chi connectivity index (χ1v) is 7.31. The van der Waals surface area contributed by atoms with E-state index < -0.39 is 0 Å². The van der Waals surface area contributed by atoms with Crippen LogP contribution in [0, 0.1) is 0 Å². The Morgan fingerprint density at radius 1 is 1.40 bits per heavy atom. The number of aromatic nitrogens is 1. The fraction of sp³-hybridized carbons (Fsp3) is 0.267. The lowest BCUT2D eigenvalue weighted by atomic mass is 9.93. The quantitative estimate of drug-likeness (QED) is 0.918. The van der Waals surface area contributed by atoms with Crippen molar-refractivity contribution in [2.45, 2.75) is 18.9 Å². The molecule has 2 heterocycles. The molecule has 0 aliphatic carbocycles. The zero-order valence-corrected chi connectivity index (χ0v) is 12.5. The maximum Gasteiger partial charge on any atom is 0.264 e. The van der Waals surface area contributed by atoms with Crippen molar-refractivity contribution in [1.29, 1.82) is 0 Å². The number of benzene rings is 1. The largest absolute Gasteiger partial charge is 0.493 e. The van der Waals surface area contributed by atoms with E-state index in [1.165, 1.54) is 0 Å². The molecule has 1 aliphatic rings. The molecule has 20 heavy (non-hydrogen) atoms. The van der Waals surface area contributed by atoms with Gasteiger partial charge in [0.15, 0.2) is 0 Å². The van der Waals surface area contributed by atoms with E-state index in [-0.39, 0.29) is 11.5 Å². The van der Waals surface area contributed by atoms with Crippen molar-refractivity contribution in [1.82, 2.24) is 4.57 Å². The van der Waals surface area contributed by atoms with Crippen molar-refractivity contribution in [2.75, 3.05) is 12.3 Å². The van der Waals surface area contributed by atoms with E-state index in [0.717, 1.165) is 17.7 Å². The molecule has 0 amide bonds. The van der Waals surface area contributed by atoms with Gasteiger partial charge in [-0.1, -0.05) is 18.2 Å². The maximum atomic E-state index is 12.1. The summed E-state index contributed by atoms with van der Waals surface area (Å²) in [7, 11) is 0. The summed E-state index contributed by atoms with van der Waals surface area (Å²) in [6.45, 7) is 1.29. The van der Waals surface area contributed by atoms with Crippen LogP contribution in [-0.4, -0.2) is 11.2 Å². The van der Waals surface area contributed by atoms with Crippen molar-refractivity contribution in [3.63, 3.8) is 0 Å². The van der Waals surface area contributed by atoms with Gasteiger partial charge in [0, 0.05) is 24.3 Å². The second-order valence-electron chi connectivity index (χ2n) is 4.95. The maximum absolute atomic E-state index is 12.1. The number of ether oxygens (including phenoxy) is 1. The third-order valence-corrected chi connectivity index (χ3v) is 4.13. The molecule has 2 N–H and O–H groups in total. The average Bonchev–Trinajstić information content (AvgIpc) is 2.44. The van der Waals surface area contributed by atoms with E-state index >= 15 is 0 Å². The highest BCUT2D eigenvalue weighted by Crippen LogP contribution is 2.34. The molecular formula is C15H15BrN2O2. The Morgan fingerprint density at radius 2 is 2.20 bits per heavy atom. The fourth-order valence-corrected chi connectivity index (χ4v) is 3.09. The highest BCUT2D eigenvalue weighted by Gasteiger charge is 2.22. The van der Waals surface area contributed by atoms with E-state index in [1.54, 1.807) is 16.8 Å². The predicted octanol–water partition coefficient (Wildman–Crippen LogP) is 2.76. The third kappa shape index (κ3) is 2.45. The van der Waals surface area contributed by atoms with Crippen molar-refractivity contribution in [3.05, 3.63) is 56.9 Å². The molecular weight excluding hydrogens is 320 g/mol. The summed E-state index contributed by atoms with van der Waals surface area (Å²) in [5, 5.41) is 0. The van der Waals surface area contributed by atoms with Gasteiger partial charge in [0.2, 0.25) is 0 Å². The van der Waals surface area contributed by atoms with Crippen molar-refractivity contribution in [3.8, 4) is 5.75 Å². The van der Waals surface area contributed by atoms with Crippen LogP contribution in [0.15, 0.2) is 45.8 Å². The van der Waals surface area contributed by atoms with Crippen molar-refractivity contribution >= 4 is 21.6 Å². The molecule has 1 unspecified atom stereocenters. The summed E-state index contributed by atoms with van der Waals surface area (Å²) in [6.07, 6.45) is 2.60. The molecule has 1 aromatic carbocycles. The van der Waals surface area contributed by atoms with Gasteiger partial charge in [-0.2, -0.15) is 0 Å². The Balaban J connectivity index is 1.95. The molecule has 104 valence electrons.